The summed E-state index contributed by atoms with van der Waals surface area (Å²) in [6.45, 7) is 10.0. The molecule has 0 aliphatic carbocycles. The summed E-state index contributed by atoms with van der Waals surface area (Å²) in [7, 11) is 0.982. The Labute approximate surface area is 155 Å². The Balaban J connectivity index is 2.36. The maximum atomic E-state index is 12.1. The van der Waals surface area contributed by atoms with Crippen molar-refractivity contribution in [3.63, 3.8) is 0 Å². The maximum absolute atomic E-state index is 12.1. The number of rotatable bonds is 6. The Hall–Kier alpha value is -1.24. The van der Waals surface area contributed by atoms with Gasteiger partial charge >= 0.3 is 13.1 Å². The van der Waals surface area contributed by atoms with E-state index in [1.807, 2.05) is 39.8 Å². The third-order valence-electron chi connectivity index (χ3n) is 4.90. The third kappa shape index (κ3) is 4.30. The smallest absolute Gasteiger partial charge is 0.466 e. The van der Waals surface area contributed by atoms with E-state index < -0.39 is 18.3 Å². The molecule has 0 bridgehead atoms. The Morgan fingerprint density at radius 1 is 1.24 bits per heavy atom. The highest BCUT2D eigenvalue weighted by molar-refractivity contribution is 6.48. The van der Waals surface area contributed by atoms with Gasteiger partial charge in [-0.1, -0.05) is 17.7 Å². The molecule has 138 valence electrons. The van der Waals surface area contributed by atoms with Crippen LogP contribution in [0.25, 0.3) is 0 Å². The van der Waals surface area contributed by atoms with Crippen molar-refractivity contribution in [3.05, 3.63) is 28.8 Å². The SMILES string of the molecule is CCOC(=O)CC(B1OC(C)(C)C(C)(C)O1)c1ccc(OC)cc1Cl. The van der Waals surface area contributed by atoms with Crippen molar-refractivity contribution >= 4 is 24.7 Å². The fourth-order valence-corrected chi connectivity index (χ4v) is 3.05. The van der Waals surface area contributed by atoms with Crippen LogP contribution in [0, 0.1) is 0 Å². The second-order valence-electron chi connectivity index (χ2n) is 7.13. The van der Waals surface area contributed by atoms with E-state index in [1.54, 1.807) is 20.1 Å². The van der Waals surface area contributed by atoms with E-state index >= 15 is 0 Å². The summed E-state index contributed by atoms with van der Waals surface area (Å²) in [5.74, 6) is -0.0369. The minimum absolute atomic E-state index is 0.122. The molecule has 0 amide bonds. The summed E-state index contributed by atoms with van der Waals surface area (Å²) in [5.41, 5.74) is -0.221. The van der Waals surface area contributed by atoms with E-state index in [9.17, 15) is 4.79 Å². The van der Waals surface area contributed by atoms with Crippen LogP contribution in [0.2, 0.25) is 5.02 Å². The molecule has 5 nitrogen and oxygen atoms in total. The summed E-state index contributed by atoms with van der Waals surface area (Å²) < 4.78 is 22.6. The molecule has 25 heavy (non-hydrogen) atoms. The van der Waals surface area contributed by atoms with Crippen molar-refractivity contribution in [1.82, 2.24) is 0 Å². The van der Waals surface area contributed by atoms with Gasteiger partial charge in [-0.2, -0.15) is 0 Å². The monoisotopic (exact) mass is 368 g/mol. The molecule has 1 heterocycles. The predicted octanol–water partition coefficient (Wildman–Crippen LogP) is 4.02. The van der Waals surface area contributed by atoms with Crippen LogP contribution < -0.4 is 4.74 Å². The topological polar surface area (TPSA) is 54.0 Å². The van der Waals surface area contributed by atoms with Crippen LogP contribution in [0.15, 0.2) is 18.2 Å². The van der Waals surface area contributed by atoms with Crippen LogP contribution in [0.3, 0.4) is 0 Å². The number of esters is 1. The molecule has 1 fully saturated rings. The lowest BCUT2D eigenvalue weighted by molar-refractivity contribution is -0.143. The van der Waals surface area contributed by atoms with Crippen molar-refractivity contribution < 1.29 is 23.6 Å². The number of benzene rings is 1. The zero-order valence-electron chi connectivity index (χ0n) is 15.7. The molecule has 1 saturated heterocycles. The van der Waals surface area contributed by atoms with E-state index in [2.05, 4.69) is 0 Å². The average molecular weight is 369 g/mol. The molecule has 1 aliphatic heterocycles. The Morgan fingerprint density at radius 3 is 2.32 bits per heavy atom. The number of hydrogen-bond donors (Lipinski definition) is 0. The number of ether oxygens (including phenoxy) is 2. The van der Waals surface area contributed by atoms with Gasteiger partial charge in [-0.05, 0) is 52.3 Å². The van der Waals surface area contributed by atoms with Gasteiger partial charge in [0.25, 0.3) is 0 Å². The maximum Gasteiger partial charge on any atom is 0.466 e. The molecule has 0 saturated carbocycles. The highest BCUT2D eigenvalue weighted by Gasteiger charge is 2.54. The first kappa shape index (κ1) is 20.1. The van der Waals surface area contributed by atoms with Gasteiger partial charge in [-0.3, -0.25) is 4.79 Å². The Kier molecular flexibility index (Phi) is 6.07. The molecular formula is C18H26BClO5. The molecule has 1 aromatic rings. The van der Waals surface area contributed by atoms with E-state index in [0.717, 1.165) is 5.56 Å². The number of methoxy groups -OCH3 is 1. The quantitative estimate of drug-likeness (QED) is 0.561. The lowest BCUT2D eigenvalue weighted by Crippen LogP contribution is -2.41. The van der Waals surface area contributed by atoms with Crippen LogP contribution >= 0.6 is 11.6 Å². The van der Waals surface area contributed by atoms with Crippen LogP contribution in [0.1, 0.15) is 52.4 Å². The van der Waals surface area contributed by atoms with Crippen molar-refractivity contribution in [2.24, 2.45) is 0 Å². The predicted molar refractivity (Wildman–Crippen MR) is 98.1 cm³/mol. The standard InChI is InChI=1S/C18H26BClO5/c1-7-23-16(21)11-14(13-9-8-12(22-6)10-15(13)20)19-24-17(2,3)18(4,5)25-19/h8-10,14H,7,11H2,1-6H3. The summed E-state index contributed by atoms with van der Waals surface area (Å²) >= 11 is 6.44. The van der Waals surface area contributed by atoms with E-state index in [0.29, 0.717) is 17.4 Å². The van der Waals surface area contributed by atoms with Crippen molar-refractivity contribution in [3.8, 4) is 5.75 Å². The van der Waals surface area contributed by atoms with Crippen LogP contribution in [0.5, 0.6) is 5.75 Å². The van der Waals surface area contributed by atoms with Gasteiger partial charge in [0.2, 0.25) is 0 Å². The van der Waals surface area contributed by atoms with Gasteiger partial charge in [0.05, 0.1) is 31.3 Å². The summed E-state index contributed by atoms with van der Waals surface area (Å²) in [5, 5.41) is 0.503. The van der Waals surface area contributed by atoms with Gasteiger partial charge in [-0.15, -0.1) is 0 Å². The first-order valence-corrected chi connectivity index (χ1v) is 8.83. The largest absolute Gasteiger partial charge is 0.497 e. The van der Waals surface area contributed by atoms with Crippen molar-refractivity contribution in [2.75, 3.05) is 13.7 Å². The third-order valence-corrected chi connectivity index (χ3v) is 5.23. The molecule has 0 radical (unpaired) electrons. The second-order valence-corrected chi connectivity index (χ2v) is 7.53. The normalized spacial score (nSPS) is 19.6. The number of carbonyl (C=O) groups is 1. The fourth-order valence-electron chi connectivity index (χ4n) is 2.74. The summed E-state index contributed by atoms with van der Waals surface area (Å²) in [6.07, 6.45) is 0.122. The summed E-state index contributed by atoms with van der Waals surface area (Å²) in [6, 6.07) is 5.38. The van der Waals surface area contributed by atoms with E-state index in [4.69, 9.17) is 30.4 Å². The minimum atomic E-state index is -0.597. The van der Waals surface area contributed by atoms with E-state index in [1.165, 1.54) is 0 Å². The molecule has 0 aromatic heterocycles. The van der Waals surface area contributed by atoms with Gasteiger partial charge in [-0.25, -0.2) is 0 Å². The average Bonchev–Trinajstić information content (AvgIpc) is 2.73. The molecule has 7 heteroatoms. The zero-order chi connectivity index (χ0) is 18.8. The zero-order valence-corrected chi connectivity index (χ0v) is 16.5. The van der Waals surface area contributed by atoms with Gasteiger partial charge in [0.1, 0.15) is 5.75 Å². The highest BCUT2D eigenvalue weighted by Crippen LogP contribution is 2.43. The lowest BCUT2D eigenvalue weighted by atomic mass is 9.66. The van der Waals surface area contributed by atoms with Crippen molar-refractivity contribution in [1.29, 1.82) is 0 Å². The minimum Gasteiger partial charge on any atom is -0.497 e. The molecular weight excluding hydrogens is 342 g/mol. The summed E-state index contributed by atoms with van der Waals surface area (Å²) in [4.78, 5) is 12.1. The van der Waals surface area contributed by atoms with Gasteiger partial charge < -0.3 is 18.8 Å². The molecule has 1 aliphatic rings. The first-order chi connectivity index (χ1) is 11.6. The van der Waals surface area contributed by atoms with Gasteiger partial charge in [0.15, 0.2) is 0 Å². The van der Waals surface area contributed by atoms with Gasteiger partial charge in [0, 0.05) is 10.8 Å². The molecule has 1 aromatic carbocycles. The molecule has 0 spiro atoms. The number of hydrogen-bond acceptors (Lipinski definition) is 5. The Bertz CT molecular complexity index is 616. The van der Waals surface area contributed by atoms with Crippen LogP contribution in [-0.2, 0) is 18.8 Å². The molecule has 2 rings (SSSR count). The number of halogens is 1. The second kappa shape index (κ2) is 7.56. The van der Waals surface area contributed by atoms with Crippen LogP contribution in [-0.4, -0.2) is 38.0 Å². The van der Waals surface area contributed by atoms with Crippen molar-refractivity contribution in [2.45, 2.75) is 58.1 Å². The van der Waals surface area contributed by atoms with Crippen LogP contribution in [0.4, 0.5) is 0 Å². The van der Waals surface area contributed by atoms with E-state index in [-0.39, 0.29) is 18.2 Å². The number of carbonyl (C=O) groups excluding carboxylic acids is 1. The highest BCUT2D eigenvalue weighted by atomic mass is 35.5. The Morgan fingerprint density at radius 2 is 1.84 bits per heavy atom. The molecule has 1 unspecified atom stereocenters. The fraction of sp³-hybridized carbons (Fsp3) is 0.611. The molecule has 1 atom stereocenters. The lowest BCUT2D eigenvalue weighted by Gasteiger charge is -2.32. The molecule has 0 N–H and O–H groups in total. The first-order valence-electron chi connectivity index (χ1n) is 8.46.